The molecule has 1 saturated heterocycles. The topological polar surface area (TPSA) is 41.5 Å². The fraction of sp³-hybridized carbons (Fsp3) is 1.00. The molecule has 3 heteroatoms. The zero-order valence-corrected chi connectivity index (χ0v) is 8.20. The van der Waals surface area contributed by atoms with Crippen molar-refractivity contribution in [2.75, 3.05) is 13.2 Å². The molecule has 2 rings (SSSR count). The van der Waals surface area contributed by atoms with E-state index in [0.29, 0.717) is 19.3 Å². The quantitative estimate of drug-likeness (QED) is 0.659. The van der Waals surface area contributed by atoms with Gasteiger partial charge >= 0.3 is 0 Å². The van der Waals surface area contributed by atoms with Crippen molar-refractivity contribution in [1.29, 1.82) is 0 Å². The molecule has 1 saturated carbocycles. The highest BCUT2D eigenvalue weighted by Gasteiger charge is 2.30. The maximum atomic E-state index is 9.53. The molecule has 0 bridgehead atoms. The van der Waals surface area contributed by atoms with E-state index in [1.165, 1.54) is 19.3 Å². The van der Waals surface area contributed by atoms with Crippen LogP contribution < -0.4 is 5.32 Å². The predicted octanol–water partition coefficient (Wildman–Crippen LogP) is 0.524. The van der Waals surface area contributed by atoms with E-state index in [9.17, 15) is 5.11 Å². The molecule has 0 aromatic heterocycles. The van der Waals surface area contributed by atoms with E-state index in [4.69, 9.17) is 4.74 Å². The highest BCUT2D eigenvalue weighted by molar-refractivity contribution is 4.87. The molecule has 0 aromatic rings. The number of nitrogens with one attached hydrogen (secondary N) is 1. The third-order valence-corrected chi connectivity index (χ3v) is 3.20. The average Bonchev–Trinajstić information content (AvgIpc) is 2.64. The summed E-state index contributed by atoms with van der Waals surface area (Å²) in [6, 6.07) is 0.784. The third-order valence-electron chi connectivity index (χ3n) is 3.20. The Balaban J connectivity index is 1.77. The van der Waals surface area contributed by atoms with Crippen molar-refractivity contribution in [3.05, 3.63) is 0 Å². The summed E-state index contributed by atoms with van der Waals surface area (Å²) in [4.78, 5) is 0. The van der Waals surface area contributed by atoms with E-state index in [0.717, 1.165) is 5.92 Å². The van der Waals surface area contributed by atoms with Crippen LogP contribution in [0.25, 0.3) is 0 Å². The fourth-order valence-electron chi connectivity index (χ4n) is 2.36. The molecule has 2 fully saturated rings. The Kier molecular flexibility index (Phi) is 2.86. The van der Waals surface area contributed by atoms with Crippen LogP contribution in [0.3, 0.4) is 0 Å². The Morgan fingerprint density at radius 3 is 2.69 bits per heavy atom. The van der Waals surface area contributed by atoms with Crippen LogP contribution in [-0.2, 0) is 4.74 Å². The predicted molar refractivity (Wildman–Crippen MR) is 50.6 cm³/mol. The molecule has 4 unspecified atom stereocenters. The molecule has 1 aliphatic carbocycles. The van der Waals surface area contributed by atoms with Crippen LogP contribution in [0.15, 0.2) is 0 Å². The minimum atomic E-state index is -0.295. The lowest BCUT2D eigenvalue weighted by atomic mass is 10.1. The normalized spacial score (nSPS) is 45.7. The third kappa shape index (κ3) is 2.22. The second kappa shape index (κ2) is 3.95. The smallest absolute Gasteiger partial charge is 0.0948 e. The van der Waals surface area contributed by atoms with Gasteiger partial charge in [-0.05, 0) is 25.2 Å². The Morgan fingerprint density at radius 2 is 2.15 bits per heavy atom. The van der Waals surface area contributed by atoms with E-state index in [1.54, 1.807) is 0 Å². The largest absolute Gasteiger partial charge is 0.389 e. The lowest BCUT2D eigenvalue weighted by molar-refractivity contribution is 0.121. The van der Waals surface area contributed by atoms with Crippen molar-refractivity contribution in [2.24, 2.45) is 5.92 Å². The Bertz CT molecular complexity index is 174. The minimum absolute atomic E-state index is 0.176. The molecule has 3 nitrogen and oxygen atoms in total. The monoisotopic (exact) mass is 185 g/mol. The zero-order chi connectivity index (χ0) is 9.26. The summed E-state index contributed by atoms with van der Waals surface area (Å²) < 4.78 is 5.19. The van der Waals surface area contributed by atoms with Crippen LogP contribution in [-0.4, -0.2) is 36.5 Å². The Hall–Kier alpha value is -0.120. The number of ether oxygens (including phenoxy) is 1. The number of rotatable bonds is 2. The van der Waals surface area contributed by atoms with Gasteiger partial charge in [0.05, 0.1) is 25.4 Å². The second-order valence-corrected chi connectivity index (χ2v) is 4.49. The molecule has 2 N–H and O–H groups in total. The van der Waals surface area contributed by atoms with Crippen molar-refractivity contribution in [3.8, 4) is 0 Å². The van der Waals surface area contributed by atoms with Crippen LogP contribution in [0.2, 0.25) is 0 Å². The van der Waals surface area contributed by atoms with Gasteiger partial charge in [0.25, 0.3) is 0 Å². The number of aliphatic hydroxyl groups is 1. The Morgan fingerprint density at radius 1 is 1.31 bits per heavy atom. The maximum Gasteiger partial charge on any atom is 0.0948 e. The minimum Gasteiger partial charge on any atom is -0.389 e. The fourth-order valence-corrected chi connectivity index (χ4v) is 2.36. The van der Waals surface area contributed by atoms with Crippen molar-refractivity contribution in [3.63, 3.8) is 0 Å². The van der Waals surface area contributed by atoms with Crippen molar-refractivity contribution in [2.45, 2.75) is 44.4 Å². The van der Waals surface area contributed by atoms with Gasteiger partial charge in [0.1, 0.15) is 0 Å². The van der Waals surface area contributed by atoms with E-state index in [-0.39, 0.29) is 12.1 Å². The van der Waals surface area contributed by atoms with Crippen molar-refractivity contribution >= 4 is 0 Å². The summed E-state index contributed by atoms with van der Waals surface area (Å²) in [7, 11) is 0. The highest BCUT2D eigenvalue weighted by atomic mass is 16.5. The van der Waals surface area contributed by atoms with E-state index in [2.05, 4.69) is 12.2 Å². The number of hydrogen-bond acceptors (Lipinski definition) is 3. The lowest BCUT2D eigenvalue weighted by Crippen LogP contribution is -2.43. The average molecular weight is 185 g/mol. The first-order valence-electron chi connectivity index (χ1n) is 5.27. The summed E-state index contributed by atoms with van der Waals surface area (Å²) in [5.74, 6) is 0.844. The first-order chi connectivity index (χ1) is 6.25. The van der Waals surface area contributed by atoms with Gasteiger partial charge in [0.2, 0.25) is 0 Å². The molecule has 4 atom stereocenters. The summed E-state index contributed by atoms with van der Waals surface area (Å²) in [6.45, 7) is 3.47. The molecule has 0 spiro atoms. The van der Waals surface area contributed by atoms with Gasteiger partial charge < -0.3 is 15.2 Å². The Labute approximate surface area is 79.5 Å². The highest BCUT2D eigenvalue weighted by Crippen LogP contribution is 2.25. The van der Waals surface area contributed by atoms with Gasteiger partial charge in [0.15, 0.2) is 0 Å². The molecule has 0 aromatic carbocycles. The SMILES string of the molecule is CC1CCC(NC2COCC2O)C1. The molecule has 2 aliphatic rings. The van der Waals surface area contributed by atoms with Crippen LogP contribution in [0.5, 0.6) is 0 Å². The summed E-state index contributed by atoms with van der Waals surface area (Å²) in [5, 5.41) is 13.0. The number of hydrogen-bond donors (Lipinski definition) is 2. The van der Waals surface area contributed by atoms with Gasteiger partial charge in [-0.2, -0.15) is 0 Å². The van der Waals surface area contributed by atoms with Gasteiger partial charge in [0, 0.05) is 6.04 Å². The summed E-state index contributed by atoms with van der Waals surface area (Å²) in [5.41, 5.74) is 0. The maximum absolute atomic E-state index is 9.53. The zero-order valence-electron chi connectivity index (χ0n) is 8.20. The van der Waals surface area contributed by atoms with Crippen LogP contribution in [0, 0.1) is 5.92 Å². The molecule has 13 heavy (non-hydrogen) atoms. The first-order valence-corrected chi connectivity index (χ1v) is 5.27. The van der Waals surface area contributed by atoms with Gasteiger partial charge in [-0.3, -0.25) is 0 Å². The van der Waals surface area contributed by atoms with Crippen molar-refractivity contribution in [1.82, 2.24) is 5.32 Å². The van der Waals surface area contributed by atoms with E-state index < -0.39 is 0 Å². The molecule has 0 radical (unpaired) electrons. The molecular formula is C10H19NO2. The van der Waals surface area contributed by atoms with Gasteiger partial charge in [-0.25, -0.2) is 0 Å². The second-order valence-electron chi connectivity index (χ2n) is 4.49. The van der Waals surface area contributed by atoms with Crippen molar-refractivity contribution < 1.29 is 9.84 Å². The van der Waals surface area contributed by atoms with E-state index >= 15 is 0 Å². The summed E-state index contributed by atoms with van der Waals surface area (Å²) >= 11 is 0. The van der Waals surface area contributed by atoms with E-state index in [1.807, 2.05) is 0 Å². The lowest BCUT2D eigenvalue weighted by Gasteiger charge is -2.19. The number of aliphatic hydroxyl groups excluding tert-OH is 1. The first kappa shape index (κ1) is 9.44. The molecular weight excluding hydrogens is 166 g/mol. The van der Waals surface area contributed by atoms with Gasteiger partial charge in [-0.1, -0.05) is 6.92 Å². The molecule has 76 valence electrons. The molecule has 1 aliphatic heterocycles. The molecule has 0 amide bonds. The van der Waals surface area contributed by atoms with Crippen LogP contribution >= 0.6 is 0 Å². The van der Waals surface area contributed by atoms with Gasteiger partial charge in [-0.15, -0.1) is 0 Å². The summed E-state index contributed by atoms with van der Waals surface area (Å²) in [6.07, 6.45) is 3.53. The van der Waals surface area contributed by atoms with Crippen LogP contribution in [0.4, 0.5) is 0 Å². The standard InChI is InChI=1S/C10H19NO2/c1-7-2-3-8(4-7)11-9-5-13-6-10(9)12/h7-12H,2-6H2,1H3. The van der Waals surface area contributed by atoms with Crippen LogP contribution in [0.1, 0.15) is 26.2 Å². The molecule has 1 heterocycles.